The third kappa shape index (κ3) is 17.4. The Morgan fingerprint density at radius 1 is 0.571 bits per heavy atom. The predicted molar refractivity (Wildman–Crippen MR) is 137 cm³/mol. The summed E-state index contributed by atoms with van der Waals surface area (Å²) in [7, 11) is 0. The molecule has 1 heterocycles. The van der Waals surface area contributed by atoms with Gasteiger partial charge in [0.1, 0.15) is 0 Å². The molecule has 0 aromatic carbocycles. The zero-order chi connectivity index (χ0) is 23.4. The topological polar surface area (TPSA) is 186 Å². The van der Waals surface area contributed by atoms with Crippen molar-refractivity contribution in [2.45, 2.75) is 12.1 Å². The first-order valence-corrected chi connectivity index (χ1v) is 10.1. The van der Waals surface area contributed by atoms with E-state index in [4.69, 9.17) is 5.11 Å². The molecule has 1 aliphatic rings. The second-order valence-electron chi connectivity index (χ2n) is 7.55. The molecule has 0 aliphatic carbocycles. The molecule has 0 spiro atoms. The minimum absolute atomic E-state index is 0. The van der Waals surface area contributed by atoms with Crippen LogP contribution in [0.15, 0.2) is 0 Å². The maximum atomic E-state index is 11.2. The van der Waals surface area contributed by atoms with Crippen molar-refractivity contribution in [2.24, 2.45) is 0 Å². The Balaban J connectivity index is -0.00000120. The maximum absolute atomic E-state index is 11.2. The second-order valence-corrected chi connectivity index (χ2v) is 7.55. The number of hydrogen-bond acceptors (Lipinski definition) is 10. The van der Waals surface area contributed by atoms with Crippen molar-refractivity contribution < 1.29 is 45.0 Å². The predicted octanol–water partition coefficient (Wildman–Crippen LogP) is -2.14. The Bertz CT molecular complexity index is 566. The Hall–Kier alpha value is -0.710. The van der Waals surface area contributed by atoms with E-state index in [1.165, 1.54) is 0 Å². The first-order chi connectivity index (χ1) is 14.7. The first kappa shape index (κ1) is 41.4. The molecular weight excluding hydrogens is 558 g/mol. The van der Waals surface area contributed by atoms with Gasteiger partial charge < -0.3 is 30.6 Å². The van der Waals surface area contributed by atoms with E-state index in [0.29, 0.717) is 0 Å². The molecule has 1 saturated heterocycles. The molecule has 1 fully saturated rings. The normalized spacial score (nSPS) is 18.6. The summed E-state index contributed by atoms with van der Waals surface area (Å²) in [5.41, 5.74) is 0. The maximum Gasteiger partial charge on any atom is 0.317 e. The fourth-order valence-electron chi connectivity index (χ4n) is 3.53. The van der Waals surface area contributed by atoms with Gasteiger partial charge in [0.2, 0.25) is 0 Å². The highest BCUT2D eigenvalue weighted by Gasteiger charge is 2.27. The molecule has 0 saturated carbocycles. The SMILES string of the molecule is Cl.Cl.Cl.Cl.O=C(O)CN1CCN(CC(=O)O)CCN(C(CO)[C@@H](O)CO)CCN(CC(=O)O)CC1. The number of rotatable bonds is 10. The highest BCUT2D eigenvalue weighted by molar-refractivity contribution is 5.86. The van der Waals surface area contributed by atoms with Crippen LogP contribution in [0.2, 0.25) is 0 Å². The van der Waals surface area contributed by atoms with Gasteiger partial charge >= 0.3 is 17.9 Å². The zero-order valence-corrected chi connectivity index (χ0v) is 22.4. The minimum atomic E-state index is -1.22. The van der Waals surface area contributed by atoms with Crippen LogP contribution in [0.4, 0.5) is 0 Å². The fourth-order valence-corrected chi connectivity index (χ4v) is 3.53. The minimum Gasteiger partial charge on any atom is -0.480 e. The molecule has 35 heavy (non-hydrogen) atoms. The Morgan fingerprint density at radius 2 is 0.857 bits per heavy atom. The molecular formula is C18H38Cl4N4O9. The molecule has 17 heteroatoms. The van der Waals surface area contributed by atoms with Crippen molar-refractivity contribution in [3.8, 4) is 0 Å². The number of carbonyl (C=O) groups is 3. The number of carboxylic acid groups (broad SMARTS) is 3. The van der Waals surface area contributed by atoms with E-state index in [1.807, 2.05) is 0 Å². The first-order valence-electron chi connectivity index (χ1n) is 10.1. The van der Waals surface area contributed by atoms with Crippen molar-refractivity contribution in [1.29, 1.82) is 0 Å². The smallest absolute Gasteiger partial charge is 0.317 e. The van der Waals surface area contributed by atoms with Crippen LogP contribution in [0.1, 0.15) is 0 Å². The summed E-state index contributed by atoms with van der Waals surface area (Å²) in [6, 6.07) is -0.796. The number of aliphatic hydroxyl groups is 3. The van der Waals surface area contributed by atoms with E-state index in [2.05, 4.69) is 0 Å². The van der Waals surface area contributed by atoms with Gasteiger partial charge in [-0.1, -0.05) is 0 Å². The number of carboxylic acids is 3. The molecule has 1 rings (SSSR count). The average molecular weight is 596 g/mol. The van der Waals surface area contributed by atoms with Crippen LogP contribution in [-0.2, 0) is 14.4 Å². The third-order valence-electron chi connectivity index (χ3n) is 5.24. The number of aliphatic carboxylic acids is 3. The van der Waals surface area contributed by atoms with Crippen molar-refractivity contribution in [1.82, 2.24) is 19.6 Å². The molecule has 0 bridgehead atoms. The molecule has 0 radical (unpaired) electrons. The number of halogens is 4. The summed E-state index contributed by atoms with van der Waals surface area (Å²) in [5.74, 6) is -3.10. The van der Waals surface area contributed by atoms with Crippen LogP contribution in [0.3, 0.4) is 0 Å². The molecule has 212 valence electrons. The highest BCUT2D eigenvalue weighted by Crippen LogP contribution is 2.08. The van der Waals surface area contributed by atoms with Crippen LogP contribution in [0, 0.1) is 0 Å². The second kappa shape index (κ2) is 22.5. The lowest BCUT2D eigenvalue weighted by molar-refractivity contribution is -0.140. The van der Waals surface area contributed by atoms with Crippen molar-refractivity contribution in [3.05, 3.63) is 0 Å². The van der Waals surface area contributed by atoms with Crippen molar-refractivity contribution in [2.75, 3.05) is 85.2 Å². The van der Waals surface area contributed by atoms with Crippen LogP contribution in [0.25, 0.3) is 0 Å². The molecule has 0 amide bonds. The van der Waals surface area contributed by atoms with Gasteiger partial charge in [0, 0.05) is 52.4 Å². The molecule has 13 nitrogen and oxygen atoms in total. The monoisotopic (exact) mass is 594 g/mol. The summed E-state index contributed by atoms with van der Waals surface area (Å²) in [4.78, 5) is 40.3. The lowest BCUT2D eigenvalue weighted by Gasteiger charge is -2.37. The third-order valence-corrected chi connectivity index (χ3v) is 5.24. The molecule has 0 aromatic rings. The number of aliphatic hydroxyl groups excluding tert-OH is 3. The van der Waals surface area contributed by atoms with Gasteiger partial charge in [-0.2, -0.15) is 0 Å². The molecule has 2 atom stereocenters. The van der Waals surface area contributed by atoms with Crippen molar-refractivity contribution >= 4 is 67.5 Å². The van der Waals surface area contributed by atoms with E-state index in [9.17, 15) is 39.9 Å². The van der Waals surface area contributed by atoms with Crippen molar-refractivity contribution in [3.63, 3.8) is 0 Å². The van der Waals surface area contributed by atoms with E-state index in [0.717, 1.165) is 0 Å². The average Bonchev–Trinajstić information content (AvgIpc) is 2.68. The van der Waals surface area contributed by atoms with E-state index in [-0.39, 0.29) is 122 Å². The molecule has 0 aromatic heterocycles. The van der Waals surface area contributed by atoms with E-state index in [1.54, 1.807) is 19.6 Å². The fraction of sp³-hybridized carbons (Fsp3) is 0.833. The number of hydrogen-bond donors (Lipinski definition) is 6. The van der Waals surface area contributed by atoms with Crippen LogP contribution in [-0.4, -0.2) is 165 Å². The Morgan fingerprint density at radius 3 is 1.09 bits per heavy atom. The van der Waals surface area contributed by atoms with Crippen LogP contribution >= 0.6 is 49.6 Å². The largest absolute Gasteiger partial charge is 0.480 e. The van der Waals surface area contributed by atoms with Gasteiger partial charge in [-0.15, -0.1) is 49.6 Å². The van der Waals surface area contributed by atoms with Gasteiger partial charge in [0.15, 0.2) is 0 Å². The Kier molecular flexibility index (Phi) is 26.6. The Labute approximate surface area is 229 Å². The summed E-state index contributed by atoms with van der Waals surface area (Å²) >= 11 is 0. The van der Waals surface area contributed by atoms with Crippen LogP contribution < -0.4 is 0 Å². The lowest BCUT2D eigenvalue weighted by Crippen LogP contribution is -2.54. The van der Waals surface area contributed by atoms with E-state index < -0.39 is 43.3 Å². The summed E-state index contributed by atoms with van der Waals surface area (Å²) < 4.78 is 0. The van der Waals surface area contributed by atoms with Gasteiger partial charge in [0.25, 0.3) is 0 Å². The van der Waals surface area contributed by atoms with Gasteiger partial charge in [-0.05, 0) is 0 Å². The van der Waals surface area contributed by atoms with Gasteiger partial charge in [-0.3, -0.25) is 34.0 Å². The molecule has 1 aliphatic heterocycles. The summed E-state index contributed by atoms with van der Waals surface area (Å²) in [6.07, 6.45) is -1.22. The van der Waals surface area contributed by atoms with Gasteiger partial charge in [0.05, 0.1) is 45.0 Å². The quantitative estimate of drug-likeness (QED) is 0.161. The number of nitrogens with zero attached hydrogens (tertiary/aromatic N) is 4. The lowest BCUT2D eigenvalue weighted by atomic mass is 10.1. The summed E-state index contributed by atoms with van der Waals surface area (Å²) in [6.45, 7) is 0.396. The zero-order valence-electron chi connectivity index (χ0n) is 19.2. The van der Waals surface area contributed by atoms with E-state index >= 15 is 0 Å². The molecule has 1 unspecified atom stereocenters. The summed E-state index contributed by atoms with van der Waals surface area (Å²) in [5, 5.41) is 56.6. The van der Waals surface area contributed by atoms with Gasteiger partial charge in [-0.25, -0.2) is 0 Å². The molecule has 6 N–H and O–H groups in total. The van der Waals surface area contributed by atoms with Crippen LogP contribution in [0.5, 0.6) is 0 Å². The standard InChI is InChI=1S/C18H34N4O9.4ClH/c23-12-14(15(25)13-24)22-7-5-20(10-17(28)29)3-1-19(9-16(26)27)2-4-21(6-8-22)11-18(30)31;;;;/h14-15,23-25H,1-13H2,(H,26,27)(H,28,29)(H,30,31);4*1H/t14?,15-;;;;/m0..../s1. The highest BCUT2D eigenvalue weighted by atomic mass is 35.5.